The van der Waals surface area contributed by atoms with Crippen LogP contribution in [0.5, 0.6) is 5.75 Å². The molecule has 0 radical (unpaired) electrons. The first kappa shape index (κ1) is 28.2. The van der Waals surface area contributed by atoms with Crippen molar-refractivity contribution < 1.29 is 53.1 Å². The molecule has 1 fully saturated rings. The summed E-state index contributed by atoms with van der Waals surface area (Å²) in [6, 6.07) is 4.06. The lowest BCUT2D eigenvalue weighted by atomic mass is 9.75. The monoisotopic (exact) mass is 583 g/mol. The highest BCUT2D eigenvalue weighted by molar-refractivity contribution is 7.92. The fourth-order valence-corrected chi connectivity index (χ4v) is 8.64. The zero-order chi connectivity index (χ0) is 28.1. The maximum absolute atomic E-state index is 15.3. The fourth-order valence-electron chi connectivity index (χ4n) is 5.13. The van der Waals surface area contributed by atoms with Crippen molar-refractivity contribution in [2.75, 3.05) is 24.7 Å². The van der Waals surface area contributed by atoms with Crippen LogP contribution in [-0.2, 0) is 40.1 Å². The zero-order valence-corrected chi connectivity index (χ0v) is 21.1. The highest BCUT2D eigenvalue weighted by Gasteiger charge is 2.61. The van der Waals surface area contributed by atoms with Crippen LogP contribution in [-0.4, -0.2) is 53.6 Å². The van der Waals surface area contributed by atoms with Crippen LogP contribution in [0.2, 0.25) is 0 Å². The zero-order valence-electron chi connectivity index (χ0n) is 19.5. The molecule has 2 aromatic rings. The number of benzene rings is 2. The average Bonchev–Trinajstić information content (AvgIpc) is 2.83. The third kappa shape index (κ3) is 4.86. The molecule has 0 saturated carbocycles. The molecule has 4 rings (SSSR count). The number of primary amides is 1. The van der Waals surface area contributed by atoms with Crippen LogP contribution >= 0.6 is 0 Å². The Morgan fingerprint density at radius 2 is 1.66 bits per heavy atom. The number of rotatable bonds is 7. The van der Waals surface area contributed by atoms with Crippen LogP contribution in [0.15, 0.2) is 41.3 Å². The number of alkyl halides is 3. The summed E-state index contributed by atoms with van der Waals surface area (Å²) in [4.78, 5) is 10.5. The molecular formula is C23H22F5NO7S2. The van der Waals surface area contributed by atoms with Gasteiger partial charge >= 0.3 is 6.18 Å². The summed E-state index contributed by atoms with van der Waals surface area (Å²) in [5.41, 5.74) is 3.21. The minimum Gasteiger partial charge on any atom is -0.490 e. The predicted octanol–water partition coefficient (Wildman–Crippen LogP) is 2.74. The van der Waals surface area contributed by atoms with E-state index in [1.165, 1.54) is 0 Å². The Morgan fingerprint density at radius 1 is 1.03 bits per heavy atom. The standard InChI is InChI=1S/C23H22F5NO7S2/c24-16-5-6-17(25)21-20(16)22(38(33,34)14-3-1-13(2-4-14)23(26,27)28)8-9-35-18(15(22)11-36-21)7-10-37(31,32)12-19(29)30/h1-6,15,18H,7-12H2,(H2,29,30)/t15-,18-,22-/m0/s1. The van der Waals surface area contributed by atoms with Gasteiger partial charge in [0.2, 0.25) is 5.91 Å². The van der Waals surface area contributed by atoms with Crippen LogP contribution in [0.4, 0.5) is 22.0 Å². The number of hydrogen-bond acceptors (Lipinski definition) is 7. The minimum absolute atomic E-state index is 0.327. The molecule has 0 aromatic heterocycles. The summed E-state index contributed by atoms with van der Waals surface area (Å²) in [7, 11) is -8.77. The Labute approximate surface area is 214 Å². The van der Waals surface area contributed by atoms with Gasteiger partial charge in [-0.15, -0.1) is 0 Å². The number of ether oxygens (including phenoxy) is 2. The Balaban J connectivity index is 1.86. The van der Waals surface area contributed by atoms with Crippen LogP contribution < -0.4 is 10.5 Å². The fraction of sp³-hybridized carbons (Fsp3) is 0.435. The maximum atomic E-state index is 15.3. The molecule has 208 valence electrons. The Hall–Kier alpha value is -2.78. The van der Waals surface area contributed by atoms with E-state index in [0.29, 0.717) is 18.2 Å². The first-order valence-corrected chi connectivity index (χ1v) is 14.5. The second-order valence-electron chi connectivity index (χ2n) is 9.07. The first-order chi connectivity index (χ1) is 17.6. The smallest absolute Gasteiger partial charge is 0.416 e. The molecule has 3 atom stereocenters. The number of nitrogens with two attached hydrogens (primary N) is 1. The second kappa shape index (κ2) is 9.75. The van der Waals surface area contributed by atoms with E-state index in [1.807, 2.05) is 0 Å². The third-order valence-electron chi connectivity index (χ3n) is 6.79. The lowest BCUT2D eigenvalue weighted by Gasteiger charge is -2.50. The van der Waals surface area contributed by atoms with Crippen molar-refractivity contribution in [3.63, 3.8) is 0 Å². The lowest BCUT2D eigenvalue weighted by molar-refractivity contribution is -0.137. The molecule has 2 aliphatic heterocycles. The highest BCUT2D eigenvalue weighted by atomic mass is 32.2. The molecule has 1 saturated heterocycles. The normalized spacial score (nSPS) is 23.7. The molecule has 8 nitrogen and oxygen atoms in total. The van der Waals surface area contributed by atoms with E-state index < -0.39 is 106 Å². The number of hydrogen-bond donors (Lipinski definition) is 1. The van der Waals surface area contributed by atoms with Gasteiger partial charge in [-0.2, -0.15) is 13.2 Å². The van der Waals surface area contributed by atoms with Crippen LogP contribution in [0.3, 0.4) is 0 Å². The van der Waals surface area contributed by atoms with Crippen molar-refractivity contribution in [2.24, 2.45) is 11.7 Å². The van der Waals surface area contributed by atoms with Gasteiger partial charge in [0, 0.05) is 12.5 Å². The van der Waals surface area contributed by atoms with E-state index in [4.69, 9.17) is 15.2 Å². The van der Waals surface area contributed by atoms with Crippen molar-refractivity contribution in [3.05, 3.63) is 59.2 Å². The molecule has 2 aliphatic rings. The van der Waals surface area contributed by atoms with E-state index in [-0.39, 0.29) is 13.0 Å². The molecule has 2 N–H and O–H groups in total. The molecule has 0 aliphatic carbocycles. The van der Waals surface area contributed by atoms with E-state index in [0.717, 1.165) is 18.2 Å². The highest BCUT2D eigenvalue weighted by Crippen LogP contribution is 2.56. The third-order valence-corrected chi connectivity index (χ3v) is 10.9. The minimum atomic E-state index is -4.76. The van der Waals surface area contributed by atoms with Crippen LogP contribution in [0.1, 0.15) is 24.0 Å². The molecule has 1 amide bonds. The van der Waals surface area contributed by atoms with E-state index >= 15 is 4.39 Å². The molecule has 0 unspecified atom stereocenters. The first-order valence-electron chi connectivity index (χ1n) is 11.2. The van der Waals surface area contributed by atoms with Gasteiger partial charge in [-0.25, -0.2) is 25.6 Å². The molecule has 0 spiro atoms. The number of carbonyl (C=O) groups excluding carboxylic acids is 1. The second-order valence-corrected chi connectivity index (χ2v) is 13.5. The van der Waals surface area contributed by atoms with Gasteiger partial charge in [-0.1, -0.05) is 0 Å². The van der Waals surface area contributed by atoms with Crippen molar-refractivity contribution >= 4 is 25.6 Å². The van der Waals surface area contributed by atoms with Crippen molar-refractivity contribution in [2.45, 2.75) is 34.8 Å². The van der Waals surface area contributed by atoms with Gasteiger partial charge in [0.05, 0.1) is 34.5 Å². The Bertz CT molecular complexity index is 1460. The van der Waals surface area contributed by atoms with Gasteiger partial charge in [0.1, 0.15) is 16.3 Å². The van der Waals surface area contributed by atoms with Crippen molar-refractivity contribution in [3.8, 4) is 5.75 Å². The molecule has 38 heavy (non-hydrogen) atoms. The molecular weight excluding hydrogens is 561 g/mol. The summed E-state index contributed by atoms with van der Waals surface area (Å²) in [5, 5.41) is 0. The van der Waals surface area contributed by atoms with Crippen LogP contribution in [0, 0.1) is 17.6 Å². The Morgan fingerprint density at radius 3 is 2.26 bits per heavy atom. The molecule has 2 aromatic carbocycles. The summed E-state index contributed by atoms with van der Waals surface area (Å²) < 4.78 is 131. The van der Waals surface area contributed by atoms with Gasteiger partial charge in [-0.05, 0) is 49.2 Å². The van der Waals surface area contributed by atoms with E-state index in [1.54, 1.807) is 0 Å². The predicted molar refractivity (Wildman–Crippen MR) is 122 cm³/mol. The number of fused-ring (bicyclic) bond motifs is 3. The number of amides is 1. The number of carbonyl (C=O) groups is 1. The summed E-state index contributed by atoms with van der Waals surface area (Å²) in [6.45, 7) is -0.847. The van der Waals surface area contributed by atoms with Crippen molar-refractivity contribution in [1.29, 1.82) is 0 Å². The number of halogens is 5. The summed E-state index contributed by atoms with van der Waals surface area (Å²) in [6.07, 6.45) is -6.67. The lowest BCUT2D eigenvalue weighted by Crippen LogP contribution is -2.57. The molecule has 2 heterocycles. The summed E-state index contributed by atoms with van der Waals surface area (Å²) >= 11 is 0. The van der Waals surface area contributed by atoms with E-state index in [9.17, 15) is 39.2 Å². The van der Waals surface area contributed by atoms with Crippen molar-refractivity contribution in [1.82, 2.24) is 0 Å². The van der Waals surface area contributed by atoms with E-state index in [2.05, 4.69) is 0 Å². The largest absolute Gasteiger partial charge is 0.490 e. The Kier molecular flexibility index (Phi) is 7.25. The topological polar surface area (TPSA) is 130 Å². The van der Waals surface area contributed by atoms with Gasteiger partial charge in [0.25, 0.3) is 0 Å². The SMILES string of the molecule is NC(=O)CS(=O)(=O)CC[C@@H]1OCC[C@@]2(S(=O)(=O)c3ccc(C(F)(F)F)cc3)c3c(F)ccc(F)c3OC[C@@H]12. The molecule has 15 heteroatoms. The van der Waals surface area contributed by atoms with Gasteiger partial charge in [0.15, 0.2) is 31.2 Å². The van der Waals surface area contributed by atoms with Crippen LogP contribution in [0.25, 0.3) is 0 Å². The van der Waals surface area contributed by atoms with Gasteiger partial charge in [-0.3, -0.25) is 4.79 Å². The maximum Gasteiger partial charge on any atom is 0.416 e. The average molecular weight is 584 g/mol. The summed E-state index contributed by atoms with van der Waals surface area (Å²) in [5.74, 6) is -6.79. The molecule has 0 bridgehead atoms. The quantitative estimate of drug-likeness (QED) is 0.496. The number of sulfone groups is 2. The van der Waals surface area contributed by atoms with Gasteiger partial charge < -0.3 is 15.2 Å².